The fraction of sp³-hybridized carbons (Fsp3) is 0.667. The van der Waals surface area contributed by atoms with Gasteiger partial charge in [-0.15, -0.1) is 0 Å². The molecule has 3 nitrogen and oxygen atoms in total. The van der Waals surface area contributed by atoms with E-state index in [4.69, 9.17) is 9.47 Å². The molecule has 1 unspecified atom stereocenters. The highest BCUT2D eigenvalue weighted by atomic mass is 16.6. The lowest BCUT2D eigenvalue weighted by Gasteiger charge is -2.36. The van der Waals surface area contributed by atoms with Crippen LogP contribution in [0.25, 0.3) is 0 Å². The lowest BCUT2D eigenvalue weighted by Crippen LogP contribution is -2.39. The van der Waals surface area contributed by atoms with Crippen LogP contribution < -0.4 is 4.74 Å². The molecule has 1 aliphatic rings. The Morgan fingerprint density at radius 2 is 1.79 bits per heavy atom. The Hall–Kier alpha value is -1.51. The molecule has 0 bridgehead atoms. The zero-order valence-corrected chi connectivity index (χ0v) is 15.6. The molecule has 1 atom stereocenters. The van der Waals surface area contributed by atoms with E-state index in [1.54, 1.807) is 0 Å². The number of esters is 1. The van der Waals surface area contributed by atoms with Crippen molar-refractivity contribution < 1.29 is 14.3 Å². The molecular formula is C21H32O3. The van der Waals surface area contributed by atoms with Crippen molar-refractivity contribution in [2.75, 3.05) is 6.61 Å². The van der Waals surface area contributed by atoms with Gasteiger partial charge in [0.2, 0.25) is 0 Å². The van der Waals surface area contributed by atoms with Gasteiger partial charge in [0.05, 0.1) is 0 Å². The van der Waals surface area contributed by atoms with Gasteiger partial charge in [-0.2, -0.15) is 0 Å². The standard InChI is InChI=1S/C21H32O3/c1-5-16(2)17-11-13-19(14-12-17)23-15-20(22)24-21(3,4)18-9-7-6-8-10-18/h11-14,16,18H,5-10,15H2,1-4H3. The lowest BCUT2D eigenvalue weighted by atomic mass is 9.79. The van der Waals surface area contributed by atoms with Crippen molar-refractivity contribution in [3.63, 3.8) is 0 Å². The normalized spacial score (nSPS) is 17.3. The molecule has 0 aliphatic heterocycles. The molecule has 3 heteroatoms. The Kier molecular flexibility index (Phi) is 6.70. The molecule has 134 valence electrons. The van der Waals surface area contributed by atoms with E-state index in [1.807, 2.05) is 26.0 Å². The van der Waals surface area contributed by atoms with E-state index in [9.17, 15) is 4.79 Å². The molecule has 1 fully saturated rings. The van der Waals surface area contributed by atoms with Crippen LogP contribution in [0, 0.1) is 5.92 Å². The fourth-order valence-corrected chi connectivity index (χ4v) is 3.47. The number of hydrogen-bond donors (Lipinski definition) is 0. The topological polar surface area (TPSA) is 35.5 Å². The summed E-state index contributed by atoms with van der Waals surface area (Å²) in [6.45, 7) is 8.42. The van der Waals surface area contributed by atoms with Crippen LogP contribution in [-0.4, -0.2) is 18.2 Å². The number of ether oxygens (including phenoxy) is 2. The largest absolute Gasteiger partial charge is 0.482 e. The number of benzene rings is 1. The Labute approximate surface area is 146 Å². The Morgan fingerprint density at radius 3 is 2.38 bits per heavy atom. The average Bonchev–Trinajstić information content (AvgIpc) is 2.60. The number of hydrogen-bond acceptors (Lipinski definition) is 3. The molecule has 1 aliphatic carbocycles. The summed E-state index contributed by atoms with van der Waals surface area (Å²) in [5, 5.41) is 0. The second-order valence-corrected chi connectivity index (χ2v) is 7.58. The van der Waals surface area contributed by atoms with Crippen molar-refractivity contribution in [2.45, 2.75) is 77.7 Å². The minimum absolute atomic E-state index is 0.0289. The average molecular weight is 332 g/mol. The molecule has 1 saturated carbocycles. The van der Waals surface area contributed by atoms with Crippen molar-refractivity contribution in [2.24, 2.45) is 5.92 Å². The van der Waals surface area contributed by atoms with E-state index < -0.39 is 5.60 Å². The zero-order chi connectivity index (χ0) is 17.6. The van der Waals surface area contributed by atoms with Crippen LogP contribution in [0.1, 0.15) is 77.7 Å². The maximum atomic E-state index is 12.1. The summed E-state index contributed by atoms with van der Waals surface area (Å²) < 4.78 is 11.3. The lowest BCUT2D eigenvalue weighted by molar-refractivity contribution is -0.165. The highest BCUT2D eigenvalue weighted by Crippen LogP contribution is 2.34. The van der Waals surface area contributed by atoms with Crippen LogP contribution in [0.3, 0.4) is 0 Å². The van der Waals surface area contributed by atoms with Crippen LogP contribution in [0.5, 0.6) is 5.75 Å². The van der Waals surface area contributed by atoms with Gasteiger partial charge >= 0.3 is 5.97 Å². The number of carbonyl (C=O) groups excluding carboxylic acids is 1. The van der Waals surface area contributed by atoms with Crippen molar-refractivity contribution >= 4 is 5.97 Å². The molecule has 1 aromatic rings. The highest BCUT2D eigenvalue weighted by Gasteiger charge is 2.34. The van der Waals surface area contributed by atoms with Crippen molar-refractivity contribution in [3.05, 3.63) is 29.8 Å². The molecule has 0 aromatic heterocycles. The van der Waals surface area contributed by atoms with Gasteiger partial charge in [-0.05, 0) is 62.6 Å². The van der Waals surface area contributed by atoms with Gasteiger partial charge in [-0.25, -0.2) is 4.79 Å². The van der Waals surface area contributed by atoms with Crippen molar-refractivity contribution in [1.82, 2.24) is 0 Å². The summed E-state index contributed by atoms with van der Waals surface area (Å²) in [6.07, 6.45) is 7.20. The third-order valence-corrected chi connectivity index (χ3v) is 5.38. The van der Waals surface area contributed by atoms with E-state index in [0.717, 1.165) is 25.0 Å². The monoisotopic (exact) mass is 332 g/mol. The molecule has 0 radical (unpaired) electrons. The first kappa shape index (κ1) is 18.8. The fourth-order valence-electron chi connectivity index (χ4n) is 3.47. The summed E-state index contributed by atoms with van der Waals surface area (Å²) in [6, 6.07) is 8.00. The van der Waals surface area contributed by atoms with Crippen molar-refractivity contribution in [1.29, 1.82) is 0 Å². The van der Waals surface area contributed by atoms with Crippen LogP contribution in [0.2, 0.25) is 0 Å². The zero-order valence-electron chi connectivity index (χ0n) is 15.6. The first-order chi connectivity index (χ1) is 11.4. The molecule has 0 saturated heterocycles. The van der Waals surface area contributed by atoms with Crippen LogP contribution >= 0.6 is 0 Å². The molecule has 0 spiro atoms. The quantitative estimate of drug-likeness (QED) is 0.620. The Balaban J connectivity index is 1.82. The van der Waals surface area contributed by atoms with E-state index in [-0.39, 0.29) is 12.6 Å². The summed E-state index contributed by atoms with van der Waals surface area (Å²) in [5.74, 6) is 1.44. The number of rotatable bonds is 7. The minimum Gasteiger partial charge on any atom is -0.482 e. The van der Waals surface area contributed by atoms with E-state index >= 15 is 0 Å². The third-order valence-electron chi connectivity index (χ3n) is 5.38. The van der Waals surface area contributed by atoms with Crippen molar-refractivity contribution in [3.8, 4) is 5.75 Å². The first-order valence-corrected chi connectivity index (χ1v) is 9.37. The molecule has 2 rings (SSSR count). The maximum absolute atomic E-state index is 12.1. The molecule has 1 aromatic carbocycles. The summed E-state index contributed by atoms with van der Waals surface area (Å²) in [5.41, 5.74) is 0.896. The van der Waals surface area contributed by atoms with Gasteiger partial charge < -0.3 is 9.47 Å². The molecule has 0 heterocycles. The highest BCUT2D eigenvalue weighted by molar-refractivity contribution is 5.71. The van der Waals surface area contributed by atoms with E-state index in [2.05, 4.69) is 26.0 Å². The van der Waals surface area contributed by atoms with Gasteiger partial charge in [0, 0.05) is 0 Å². The van der Waals surface area contributed by atoms with Gasteiger partial charge in [-0.3, -0.25) is 0 Å². The van der Waals surface area contributed by atoms with Crippen LogP contribution in [0.15, 0.2) is 24.3 Å². The summed E-state index contributed by atoms with van der Waals surface area (Å²) >= 11 is 0. The smallest absolute Gasteiger partial charge is 0.344 e. The van der Waals surface area contributed by atoms with Gasteiger partial charge in [0.25, 0.3) is 0 Å². The van der Waals surface area contributed by atoms with Gasteiger partial charge in [0.15, 0.2) is 6.61 Å². The van der Waals surface area contributed by atoms with Gasteiger partial charge in [-0.1, -0.05) is 45.2 Å². The van der Waals surface area contributed by atoms with E-state index in [0.29, 0.717) is 11.8 Å². The second kappa shape index (κ2) is 8.55. The summed E-state index contributed by atoms with van der Waals surface area (Å²) in [4.78, 5) is 12.1. The first-order valence-electron chi connectivity index (χ1n) is 9.37. The molecule has 0 N–H and O–H groups in total. The molecule has 24 heavy (non-hydrogen) atoms. The van der Waals surface area contributed by atoms with Crippen LogP contribution in [0.4, 0.5) is 0 Å². The third kappa shape index (κ3) is 5.25. The SMILES string of the molecule is CCC(C)c1ccc(OCC(=O)OC(C)(C)C2CCCCC2)cc1. The van der Waals surface area contributed by atoms with E-state index in [1.165, 1.54) is 24.8 Å². The second-order valence-electron chi connectivity index (χ2n) is 7.58. The predicted molar refractivity (Wildman–Crippen MR) is 97.4 cm³/mol. The Morgan fingerprint density at radius 1 is 1.17 bits per heavy atom. The predicted octanol–water partition coefficient (Wildman–Crippen LogP) is 5.48. The van der Waals surface area contributed by atoms with Crippen LogP contribution in [-0.2, 0) is 9.53 Å². The maximum Gasteiger partial charge on any atom is 0.344 e. The Bertz CT molecular complexity index is 512. The molecule has 0 amide bonds. The minimum atomic E-state index is -0.402. The molecular weight excluding hydrogens is 300 g/mol. The summed E-state index contributed by atoms with van der Waals surface area (Å²) in [7, 11) is 0. The van der Waals surface area contributed by atoms with Gasteiger partial charge in [0.1, 0.15) is 11.4 Å². The number of carbonyl (C=O) groups is 1.